The van der Waals surface area contributed by atoms with E-state index in [0.29, 0.717) is 23.9 Å². The van der Waals surface area contributed by atoms with Gasteiger partial charge in [-0.05, 0) is 35.0 Å². The van der Waals surface area contributed by atoms with Gasteiger partial charge in [-0.25, -0.2) is 9.36 Å². The zero-order valence-electron chi connectivity index (χ0n) is 10.4. The maximum absolute atomic E-state index is 11.9. The Balaban J connectivity index is 1.66. The number of nitrogens with one attached hydrogen (secondary N) is 1. The van der Waals surface area contributed by atoms with Gasteiger partial charge in [0.2, 0.25) is 5.16 Å². The molecule has 2 aliphatic rings. The van der Waals surface area contributed by atoms with Crippen LogP contribution in [0.15, 0.2) is 22.1 Å². The van der Waals surface area contributed by atoms with Gasteiger partial charge in [-0.15, -0.1) is 15.3 Å². The van der Waals surface area contributed by atoms with Gasteiger partial charge in [0.1, 0.15) is 12.9 Å². The van der Waals surface area contributed by atoms with Crippen LogP contribution in [0, 0.1) is 0 Å². The zero-order valence-corrected chi connectivity index (χ0v) is 11.2. The molecule has 0 radical (unpaired) electrons. The first-order chi connectivity index (χ1) is 9.81. The summed E-state index contributed by atoms with van der Waals surface area (Å²) in [6.45, 7) is 0.421. The second-order valence-electron chi connectivity index (χ2n) is 4.54. The van der Waals surface area contributed by atoms with Gasteiger partial charge in [0, 0.05) is 12.1 Å². The molecule has 0 bridgehead atoms. The number of carbonyl (C=O) groups is 1. The molecular weight excluding hydrogens is 280 g/mol. The fourth-order valence-electron chi connectivity index (χ4n) is 2.25. The van der Waals surface area contributed by atoms with E-state index in [4.69, 9.17) is 0 Å². The van der Waals surface area contributed by atoms with Crippen molar-refractivity contribution in [3.05, 3.63) is 22.8 Å². The zero-order chi connectivity index (χ0) is 13.5. The van der Waals surface area contributed by atoms with E-state index in [0.717, 1.165) is 23.4 Å². The lowest BCUT2D eigenvalue weighted by Gasteiger charge is -2.25. The van der Waals surface area contributed by atoms with E-state index in [1.54, 1.807) is 9.36 Å². The van der Waals surface area contributed by atoms with Crippen LogP contribution in [0.2, 0.25) is 0 Å². The maximum Gasteiger partial charge on any atom is 0.215 e. The number of Topliss-reactive ketones (excluding diaryl/α,β-unsaturated/α-hetero) is 1. The smallest absolute Gasteiger partial charge is 0.215 e. The number of nitrogens with zero attached hydrogens (tertiary/aromatic N) is 7. The number of hydrogen-bond donors (Lipinski definition) is 1. The highest BCUT2D eigenvalue weighted by Crippen LogP contribution is 2.37. The molecule has 0 atom stereocenters. The van der Waals surface area contributed by atoms with E-state index >= 15 is 0 Å². The molecule has 2 aromatic rings. The minimum absolute atomic E-state index is 0.181. The Morgan fingerprint density at radius 2 is 2.30 bits per heavy atom. The summed E-state index contributed by atoms with van der Waals surface area (Å²) in [5, 5.41) is 19.9. The van der Waals surface area contributed by atoms with Crippen LogP contribution in [0.5, 0.6) is 0 Å². The van der Waals surface area contributed by atoms with Crippen LogP contribution < -0.4 is 5.43 Å². The molecule has 2 aromatic heterocycles. The molecule has 102 valence electrons. The lowest BCUT2D eigenvalue weighted by molar-refractivity contribution is -0.115. The molecule has 0 spiro atoms. The molecule has 0 unspecified atom stereocenters. The van der Waals surface area contributed by atoms with Gasteiger partial charge >= 0.3 is 0 Å². The van der Waals surface area contributed by atoms with Crippen molar-refractivity contribution in [2.45, 2.75) is 31.0 Å². The molecule has 1 aliphatic carbocycles. The maximum atomic E-state index is 11.9. The number of thioether (sulfide) groups is 1. The van der Waals surface area contributed by atoms with Crippen molar-refractivity contribution in [1.82, 2.24) is 35.1 Å². The number of aromatic nitrogens is 7. The van der Waals surface area contributed by atoms with Crippen molar-refractivity contribution in [2.75, 3.05) is 5.43 Å². The first kappa shape index (κ1) is 11.6. The molecule has 0 amide bonds. The second-order valence-corrected chi connectivity index (χ2v) is 5.52. The molecule has 20 heavy (non-hydrogen) atoms. The summed E-state index contributed by atoms with van der Waals surface area (Å²) in [5.41, 5.74) is 4.19. The summed E-state index contributed by atoms with van der Waals surface area (Å²) in [4.78, 5) is 12.7. The normalized spacial score (nSPS) is 17.7. The van der Waals surface area contributed by atoms with E-state index in [1.807, 2.05) is 0 Å². The van der Waals surface area contributed by atoms with E-state index in [9.17, 15) is 4.79 Å². The largest absolute Gasteiger partial charge is 0.294 e. The van der Waals surface area contributed by atoms with E-state index in [2.05, 4.69) is 31.1 Å². The Kier molecular flexibility index (Phi) is 2.55. The van der Waals surface area contributed by atoms with Gasteiger partial charge in [-0.3, -0.25) is 10.2 Å². The van der Waals surface area contributed by atoms with Crippen LogP contribution >= 0.6 is 11.8 Å². The summed E-state index contributed by atoms with van der Waals surface area (Å²) < 4.78 is 3.36. The second kappa shape index (κ2) is 4.40. The summed E-state index contributed by atoms with van der Waals surface area (Å²) in [7, 11) is 0. The highest BCUT2D eigenvalue weighted by atomic mass is 32.2. The Morgan fingerprint density at radius 3 is 3.15 bits per heavy atom. The van der Waals surface area contributed by atoms with Crippen LogP contribution in [0.1, 0.15) is 25.1 Å². The third-order valence-corrected chi connectivity index (χ3v) is 4.32. The number of tetrazole rings is 1. The molecule has 10 heteroatoms. The number of fused-ring (bicyclic) bond motifs is 1. The van der Waals surface area contributed by atoms with Gasteiger partial charge in [0.05, 0.1) is 4.91 Å². The Bertz CT molecular complexity index is 703. The summed E-state index contributed by atoms with van der Waals surface area (Å²) in [5.74, 6) is 0.879. The number of hydrogen-bond acceptors (Lipinski definition) is 8. The molecule has 1 N–H and O–H groups in total. The minimum atomic E-state index is 0.181. The van der Waals surface area contributed by atoms with Crippen molar-refractivity contribution in [3.63, 3.8) is 0 Å². The van der Waals surface area contributed by atoms with Crippen molar-refractivity contribution >= 4 is 17.5 Å². The molecular formula is C10H10N8OS. The van der Waals surface area contributed by atoms with Gasteiger partial charge in [-0.2, -0.15) is 0 Å². The first-order valence-corrected chi connectivity index (χ1v) is 6.99. The summed E-state index contributed by atoms with van der Waals surface area (Å²) in [6, 6.07) is 0. The van der Waals surface area contributed by atoms with Gasteiger partial charge in [-0.1, -0.05) is 0 Å². The molecule has 3 heterocycles. The lowest BCUT2D eigenvalue weighted by atomic mass is 10.0. The minimum Gasteiger partial charge on any atom is -0.294 e. The number of carbonyl (C=O) groups excluding carboxylic acids is 1. The van der Waals surface area contributed by atoms with Crippen molar-refractivity contribution in [1.29, 1.82) is 0 Å². The fraction of sp³-hybridized carbons (Fsp3) is 0.400. The quantitative estimate of drug-likeness (QED) is 0.819. The van der Waals surface area contributed by atoms with Crippen LogP contribution in [0.3, 0.4) is 0 Å². The first-order valence-electron chi connectivity index (χ1n) is 6.17. The highest BCUT2D eigenvalue weighted by Gasteiger charge is 2.29. The van der Waals surface area contributed by atoms with Crippen molar-refractivity contribution in [2.24, 2.45) is 0 Å². The van der Waals surface area contributed by atoms with Crippen LogP contribution in [0.25, 0.3) is 0 Å². The topological polar surface area (TPSA) is 103 Å². The van der Waals surface area contributed by atoms with Gasteiger partial charge in [0.15, 0.2) is 11.6 Å². The van der Waals surface area contributed by atoms with Crippen LogP contribution in [0.4, 0.5) is 0 Å². The van der Waals surface area contributed by atoms with Gasteiger partial charge in [0.25, 0.3) is 0 Å². The number of rotatable bonds is 2. The number of ketones is 1. The molecule has 1 aliphatic heterocycles. The molecule has 9 nitrogen and oxygen atoms in total. The Morgan fingerprint density at radius 1 is 1.35 bits per heavy atom. The lowest BCUT2D eigenvalue weighted by Crippen LogP contribution is -2.27. The summed E-state index contributed by atoms with van der Waals surface area (Å²) in [6.07, 6.45) is 3.88. The fourth-order valence-corrected chi connectivity index (χ4v) is 3.24. The van der Waals surface area contributed by atoms with E-state index in [1.165, 1.54) is 18.1 Å². The molecule has 0 saturated heterocycles. The standard InChI is InChI=1S/C10H10N8OS/c19-7-3-1-2-6-9(7)20-10-13-12-8(18(10)14-6)4-17-5-11-15-16-17/h5,14H,1-4H2. The van der Waals surface area contributed by atoms with Crippen LogP contribution in [-0.2, 0) is 11.3 Å². The third kappa shape index (κ3) is 1.80. The number of allylic oxidation sites excluding steroid dienone is 2. The van der Waals surface area contributed by atoms with E-state index in [-0.39, 0.29) is 5.78 Å². The van der Waals surface area contributed by atoms with Crippen molar-refractivity contribution in [3.8, 4) is 0 Å². The highest BCUT2D eigenvalue weighted by molar-refractivity contribution is 8.04. The summed E-state index contributed by atoms with van der Waals surface area (Å²) >= 11 is 1.38. The Hall–Kier alpha value is -2.23. The molecule has 0 fully saturated rings. The molecule has 0 aromatic carbocycles. The monoisotopic (exact) mass is 290 g/mol. The predicted molar refractivity (Wildman–Crippen MR) is 68.0 cm³/mol. The third-order valence-electron chi connectivity index (χ3n) is 3.19. The van der Waals surface area contributed by atoms with Crippen LogP contribution in [-0.4, -0.2) is 40.9 Å². The van der Waals surface area contributed by atoms with E-state index < -0.39 is 0 Å². The predicted octanol–water partition coefficient (Wildman–Crippen LogP) is -0.0733. The van der Waals surface area contributed by atoms with Gasteiger partial charge < -0.3 is 0 Å². The van der Waals surface area contributed by atoms with Crippen molar-refractivity contribution < 1.29 is 4.79 Å². The average Bonchev–Trinajstić information content (AvgIpc) is 3.09. The molecule has 0 saturated carbocycles. The molecule has 4 rings (SSSR count). The average molecular weight is 290 g/mol. The SMILES string of the molecule is O=C1CCCC2=C1Sc1nnc(Cn3cnnn3)n1N2. The Labute approximate surface area is 117 Å².